The Balaban J connectivity index is 2.14. The molecular weight excluding hydrogens is 230 g/mol. The zero-order chi connectivity index (χ0) is 13.6. The van der Waals surface area contributed by atoms with Crippen LogP contribution in [-0.2, 0) is 5.41 Å². The van der Waals surface area contributed by atoms with E-state index in [4.69, 9.17) is 0 Å². The molecule has 0 bridgehead atoms. The van der Waals surface area contributed by atoms with Crippen LogP contribution in [0.4, 0.5) is 0 Å². The minimum absolute atomic E-state index is 0.387. The molecule has 0 aliphatic heterocycles. The Bertz CT molecular complexity index is 378. The molecule has 0 heterocycles. The molecule has 1 nitrogen and oxygen atoms in total. The van der Waals surface area contributed by atoms with Crippen molar-refractivity contribution in [2.75, 3.05) is 6.54 Å². The van der Waals surface area contributed by atoms with Crippen molar-refractivity contribution in [3.63, 3.8) is 0 Å². The van der Waals surface area contributed by atoms with Gasteiger partial charge in [0, 0.05) is 11.5 Å². The maximum atomic E-state index is 3.84. The Morgan fingerprint density at radius 3 is 2.58 bits per heavy atom. The van der Waals surface area contributed by atoms with Crippen molar-refractivity contribution in [3.05, 3.63) is 48.6 Å². The quantitative estimate of drug-likeness (QED) is 0.536. The Morgan fingerprint density at radius 2 is 2.05 bits per heavy atom. The molecule has 1 atom stereocenters. The molecule has 1 unspecified atom stereocenters. The van der Waals surface area contributed by atoms with Gasteiger partial charge in [-0.25, -0.2) is 0 Å². The largest absolute Gasteiger partial charge is 0.313 e. The first kappa shape index (κ1) is 14.3. The Morgan fingerprint density at radius 1 is 1.32 bits per heavy atom. The lowest BCUT2D eigenvalue weighted by Gasteiger charge is -2.49. The molecule has 0 spiro atoms. The number of hydrogen-bond acceptors (Lipinski definition) is 1. The smallest absolute Gasteiger partial charge is 0.0164 e. The fourth-order valence-electron chi connectivity index (χ4n) is 3.45. The van der Waals surface area contributed by atoms with E-state index in [1.165, 1.54) is 37.7 Å². The van der Waals surface area contributed by atoms with Crippen LogP contribution >= 0.6 is 0 Å². The van der Waals surface area contributed by atoms with Crippen molar-refractivity contribution in [1.82, 2.24) is 5.32 Å². The van der Waals surface area contributed by atoms with Gasteiger partial charge in [-0.2, -0.15) is 0 Å². The van der Waals surface area contributed by atoms with Gasteiger partial charge in [-0.3, -0.25) is 0 Å². The predicted octanol–water partition coefficient (Wildman–Crippen LogP) is 4.44. The van der Waals surface area contributed by atoms with E-state index in [0.29, 0.717) is 11.5 Å². The van der Waals surface area contributed by atoms with Crippen LogP contribution in [0.25, 0.3) is 0 Å². The predicted molar refractivity (Wildman–Crippen MR) is 83.5 cm³/mol. The zero-order valence-corrected chi connectivity index (χ0v) is 12.2. The van der Waals surface area contributed by atoms with Crippen molar-refractivity contribution in [2.24, 2.45) is 0 Å². The first-order valence-electron chi connectivity index (χ1n) is 7.73. The molecule has 1 aliphatic rings. The number of rotatable bonds is 8. The lowest BCUT2D eigenvalue weighted by molar-refractivity contribution is 0.161. The third-order valence-electron chi connectivity index (χ3n) is 4.61. The monoisotopic (exact) mass is 257 g/mol. The molecule has 0 aromatic heterocycles. The number of likely N-dealkylation sites (N-methyl/N-ethyl adjacent to an activating group) is 1. The average Bonchev–Trinajstić information content (AvgIpc) is 2.39. The van der Waals surface area contributed by atoms with Crippen molar-refractivity contribution in [2.45, 2.75) is 56.9 Å². The minimum atomic E-state index is 0.387. The molecule has 1 aromatic carbocycles. The van der Waals surface area contributed by atoms with Gasteiger partial charge in [-0.1, -0.05) is 49.8 Å². The molecule has 0 saturated heterocycles. The van der Waals surface area contributed by atoms with Crippen LogP contribution < -0.4 is 5.32 Å². The highest BCUT2D eigenvalue weighted by atomic mass is 14.9. The van der Waals surface area contributed by atoms with Gasteiger partial charge in [0.05, 0.1) is 0 Å². The van der Waals surface area contributed by atoms with Crippen LogP contribution in [0.15, 0.2) is 43.0 Å². The SMILES string of the molecule is C=CCCCC(NCC)C1(c2ccccc2)CCC1. The van der Waals surface area contributed by atoms with Gasteiger partial charge in [-0.05, 0) is 44.2 Å². The van der Waals surface area contributed by atoms with Gasteiger partial charge in [0.15, 0.2) is 0 Å². The molecule has 1 aromatic rings. The molecule has 0 amide bonds. The molecule has 1 N–H and O–H groups in total. The van der Waals surface area contributed by atoms with Crippen molar-refractivity contribution >= 4 is 0 Å². The van der Waals surface area contributed by atoms with Crippen LogP contribution in [0.2, 0.25) is 0 Å². The van der Waals surface area contributed by atoms with Gasteiger partial charge < -0.3 is 5.32 Å². The van der Waals surface area contributed by atoms with Crippen LogP contribution in [0.5, 0.6) is 0 Å². The summed E-state index contributed by atoms with van der Waals surface area (Å²) < 4.78 is 0. The van der Waals surface area contributed by atoms with Gasteiger partial charge >= 0.3 is 0 Å². The van der Waals surface area contributed by atoms with E-state index in [-0.39, 0.29) is 0 Å². The number of nitrogens with one attached hydrogen (secondary N) is 1. The van der Waals surface area contributed by atoms with Crippen molar-refractivity contribution in [1.29, 1.82) is 0 Å². The molecule has 1 aliphatic carbocycles. The van der Waals surface area contributed by atoms with E-state index in [1.807, 2.05) is 6.08 Å². The number of allylic oxidation sites excluding steroid dienone is 1. The number of hydrogen-bond donors (Lipinski definition) is 1. The van der Waals surface area contributed by atoms with E-state index >= 15 is 0 Å². The van der Waals surface area contributed by atoms with E-state index < -0.39 is 0 Å². The summed E-state index contributed by atoms with van der Waals surface area (Å²) in [5.74, 6) is 0. The normalized spacial score (nSPS) is 18.6. The van der Waals surface area contributed by atoms with Crippen LogP contribution in [0, 0.1) is 0 Å². The fourth-order valence-corrected chi connectivity index (χ4v) is 3.45. The average molecular weight is 257 g/mol. The maximum Gasteiger partial charge on any atom is 0.0164 e. The summed E-state index contributed by atoms with van der Waals surface area (Å²) in [6.45, 7) is 7.12. The van der Waals surface area contributed by atoms with E-state index in [9.17, 15) is 0 Å². The summed E-state index contributed by atoms with van der Waals surface area (Å²) in [6, 6.07) is 11.7. The minimum Gasteiger partial charge on any atom is -0.313 e. The summed E-state index contributed by atoms with van der Waals surface area (Å²) in [4.78, 5) is 0. The highest BCUT2D eigenvalue weighted by Gasteiger charge is 2.44. The lowest BCUT2D eigenvalue weighted by atomic mass is 9.59. The summed E-state index contributed by atoms with van der Waals surface area (Å²) in [6.07, 6.45) is 9.72. The second-order valence-electron chi connectivity index (χ2n) is 5.71. The first-order valence-corrected chi connectivity index (χ1v) is 7.73. The standard InChI is InChI=1S/C18H27N/c1-3-5-7-13-17(19-4-2)18(14-10-15-18)16-11-8-6-9-12-16/h3,6,8-9,11-12,17,19H,1,4-5,7,10,13-15H2,2H3. The van der Waals surface area contributed by atoms with Gasteiger partial charge in [0.1, 0.15) is 0 Å². The van der Waals surface area contributed by atoms with E-state index in [2.05, 4.69) is 49.2 Å². The van der Waals surface area contributed by atoms with Crippen molar-refractivity contribution in [3.8, 4) is 0 Å². The second kappa shape index (κ2) is 6.91. The molecule has 2 rings (SSSR count). The maximum absolute atomic E-state index is 3.84. The molecule has 19 heavy (non-hydrogen) atoms. The summed E-state index contributed by atoms with van der Waals surface area (Å²) in [5.41, 5.74) is 1.92. The van der Waals surface area contributed by atoms with Gasteiger partial charge in [0.2, 0.25) is 0 Å². The zero-order valence-electron chi connectivity index (χ0n) is 12.2. The van der Waals surface area contributed by atoms with Crippen molar-refractivity contribution < 1.29 is 0 Å². The Kier molecular flexibility index (Phi) is 5.21. The molecule has 104 valence electrons. The van der Waals surface area contributed by atoms with Crippen LogP contribution in [0.1, 0.15) is 51.0 Å². The topological polar surface area (TPSA) is 12.0 Å². The molecule has 1 heteroatoms. The number of unbranched alkanes of at least 4 members (excludes halogenated alkanes) is 1. The van der Waals surface area contributed by atoms with Crippen LogP contribution in [-0.4, -0.2) is 12.6 Å². The second-order valence-corrected chi connectivity index (χ2v) is 5.71. The molecule has 1 fully saturated rings. The van der Waals surface area contributed by atoms with E-state index in [0.717, 1.165) is 13.0 Å². The van der Waals surface area contributed by atoms with E-state index in [1.54, 1.807) is 0 Å². The highest BCUT2D eigenvalue weighted by molar-refractivity contribution is 5.30. The fraction of sp³-hybridized carbons (Fsp3) is 0.556. The number of benzene rings is 1. The van der Waals surface area contributed by atoms with Crippen LogP contribution in [0.3, 0.4) is 0 Å². The summed E-state index contributed by atoms with van der Waals surface area (Å²) in [7, 11) is 0. The van der Waals surface area contributed by atoms with Gasteiger partial charge in [0.25, 0.3) is 0 Å². The lowest BCUT2D eigenvalue weighted by Crippen LogP contribution is -2.52. The summed E-state index contributed by atoms with van der Waals surface area (Å²) in [5, 5.41) is 3.75. The van der Waals surface area contributed by atoms with Gasteiger partial charge in [-0.15, -0.1) is 6.58 Å². The molecular formula is C18H27N. The third kappa shape index (κ3) is 3.09. The first-order chi connectivity index (χ1) is 9.33. The third-order valence-corrected chi connectivity index (χ3v) is 4.61. The Labute approximate surface area is 118 Å². The molecule has 0 radical (unpaired) electrons. The highest BCUT2D eigenvalue weighted by Crippen LogP contribution is 2.47. The summed E-state index contributed by atoms with van der Waals surface area (Å²) >= 11 is 0. The Hall–Kier alpha value is -1.08. The molecule has 1 saturated carbocycles.